The Hall–Kier alpha value is -0.0800. The highest BCUT2D eigenvalue weighted by atomic mass is 15.1. The van der Waals surface area contributed by atoms with Gasteiger partial charge in [0, 0.05) is 0 Å². The minimum Gasteiger partial charge on any atom is -0.317 e. The number of nitrogens with one attached hydrogen (secondary N) is 1. The first-order chi connectivity index (χ1) is 14.3. The Morgan fingerprint density at radius 2 is 0.759 bits per heavy atom. The van der Waals surface area contributed by atoms with E-state index in [-0.39, 0.29) is 0 Å². The van der Waals surface area contributed by atoms with Crippen LogP contribution < -0.4 is 5.32 Å². The van der Waals surface area contributed by atoms with Crippen molar-refractivity contribution >= 4 is 0 Å². The largest absolute Gasteiger partial charge is 0.317 e. The van der Waals surface area contributed by atoms with Crippen LogP contribution in [-0.2, 0) is 0 Å². The molecule has 0 radical (unpaired) electrons. The maximum absolute atomic E-state index is 3.28. The third-order valence-corrected chi connectivity index (χ3v) is 6.01. The monoisotopic (exact) mass is 412 g/mol. The standard InChI is InChI=1S/C16H34.C6H15N.C5H11N/c1-3-5-7-9-11-13-15-16-14-12-10-8-6-4-2;1-4-7(5-2)6-3;1-2-4-6-5-3-1/h3-16H2,1-2H3;4-6H2,1-3H3;6H,1-5H2. The van der Waals surface area contributed by atoms with E-state index in [1.165, 1.54) is 142 Å². The van der Waals surface area contributed by atoms with Crippen molar-refractivity contribution in [3.63, 3.8) is 0 Å². The SMILES string of the molecule is C1CCNCC1.CCCCCCCCCCCCCCCC.CCN(CC)CC. The van der Waals surface area contributed by atoms with Gasteiger partial charge >= 0.3 is 0 Å². The zero-order valence-corrected chi connectivity index (χ0v) is 21.5. The third-order valence-electron chi connectivity index (χ3n) is 6.01. The fourth-order valence-electron chi connectivity index (χ4n) is 3.74. The normalized spacial score (nSPS) is 13.4. The fourth-order valence-corrected chi connectivity index (χ4v) is 3.74. The molecule has 2 heteroatoms. The van der Waals surface area contributed by atoms with Gasteiger partial charge in [0.25, 0.3) is 0 Å². The van der Waals surface area contributed by atoms with Crippen molar-refractivity contribution < 1.29 is 0 Å². The molecule has 1 aliphatic rings. The molecular formula is C27H60N2. The number of unbranched alkanes of at least 4 members (excludes halogenated alkanes) is 13. The summed E-state index contributed by atoms with van der Waals surface area (Å²) in [6.45, 7) is 17.2. The van der Waals surface area contributed by atoms with E-state index in [2.05, 4.69) is 44.8 Å². The summed E-state index contributed by atoms with van der Waals surface area (Å²) in [5.74, 6) is 0. The lowest BCUT2D eigenvalue weighted by Crippen LogP contribution is -2.21. The van der Waals surface area contributed by atoms with E-state index in [1.54, 1.807) is 0 Å². The summed E-state index contributed by atoms with van der Waals surface area (Å²) in [6.07, 6.45) is 24.6. The lowest BCUT2D eigenvalue weighted by atomic mass is 10.0. The minimum absolute atomic E-state index is 1.19. The minimum atomic E-state index is 1.19. The molecular weight excluding hydrogens is 352 g/mol. The van der Waals surface area contributed by atoms with Gasteiger partial charge in [-0.05, 0) is 45.6 Å². The molecule has 1 fully saturated rings. The van der Waals surface area contributed by atoms with E-state index in [1.807, 2.05) is 0 Å². The van der Waals surface area contributed by atoms with Crippen molar-refractivity contribution in [2.75, 3.05) is 32.7 Å². The zero-order chi connectivity index (χ0) is 21.8. The maximum atomic E-state index is 3.28. The summed E-state index contributed by atoms with van der Waals surface area (Å²) < 4.78 is 0. The van der Waals surface area contributed by atoms with Crippen LogP contribution in [-0.4, -0.2) is 37.6 Å². The first kappa shape index (κ1) is 31.1. The molecule has 0 aromatic carbocycles. The average molecular weight is 413 g/mol. The number of hydrogen-bond donors (Lipinski definition) is 1. The smallest absolute Gasteiger partial charge is 0.00474 e. The maximum Gasteiger partial charge on any atom is -0.00474 e. The Labute approximate surface area is 187 Å². The van der Waals surface area contributed by atoms with E-state index in [9.17, 15) is 0 Å². The van der Waals surface area contributed by atoms with Gasteiger partial charge in [-0.3, -0.25) is 0 Å². The number of nitrogens with zero attached hydrogens (tertiary/aromatic N) is 1. The highest BCUT2D eigenvalue weighted by molar-refractivity contribution is 4.55. The average Bonchev–Trinajstić information content (AvgIpc) is 2.78. The Morgan fingerprint density at radius 1 is 0.448 bits per heavy atom. The summed E-state index contributed by atoms with van der Waals surface area (Å²) in [5, 5.41) is 3.28. The van der Waals surface area contributed by atoms with Crippen LogP contribution in [0.5, 0.6) is 0 Å². The Morgan fingerprint density at radius 3 is 0.897 bits per heavy atom. The molecule has 0 unspecified atom stereocenters. The molecule has 1 heterocycles. The number of hydrogen-bond acceptors (Lipinski definition) is 2. The molecule has 2 nitrogen and oxygen atoms in total. The first-order valence-corrected chi connectivity index (χ1v) is 13.7. The third kappa shape index (κ3) is 30.2. The van der Waals surface area contributed by atoms with E-state index in [4.69, 9.17) is 0 Å². The van der Waals surface area contributed by atoms with Crippen molar-refractivity contribution in [1.29, 1.82) is 0 Å². The second kappa shape index (κ2) is 30.1. The molecule has 1 rings (SSSR count). The van der Waals surface area contributed by atoms with Crippen molar-refractivity contribution in [3.8, 4) is 0 Å². The molecule has 0 aromatic heterocycles. The Balaban J connectivity index is 0. The summed E-state index contributed by atoms with van der Waals surface area (Å²) in [5.41, 5.74) is 0. The molecule has 178 valence electrons. The van der Waals surface area contributed by atoms with Crippen molar-refractivity contribution in [2.24, 2.45) is 0 Å². The van der Waals surface area contributed by atoms with Gasteiger partial charge in [0.1, 0.15) is 0 Å². The van der Waals surface area contributed by atoms with E-state index in [0.717, 1.165) is 0 Å². The molecule has 0 atom stereocenters. The van der Waals surface area contributed by atoms with Crippen molar-refractivity contribution in [1.82, 2.24) is 10.2 Å². The Kier molecular flexibility index (Phi) is 32.3. The summed E-state index contributed by atoms with van der Waals surface area (Å²) in [4.78, 5) is 2.38. The molecule has 1 aliphatic heterocycles. The van der Waals surface area contributed by atoms with E-state index in [0.29, 0.717) is 0 Å². The zero-order valence-electron chi connectivity index (χ0n) is 21.5. The molecule has 0 bridgehead atoms. The predicted molar refractivity (Wildman–Crippen MR) is 136 cm³/mol. The first-order valence-electron chi connectivity index (χ1n) is 13.7. The number of rotatable bonds is 16. The molecule has 0 saturated carbocycles. The quantitative estimate of drug-likeness (QED) is 0.255. The van der Waals surface area contributed by atoms with Gasteiger partial charge in [0.15, 0.2) is 0 Å². The molecule has 1 saturated heterocycles. The van der Waals surface area contributed by atoms with Crippen molar-refractivity contribution in [3.05, 3.63) is 0 Å². The molecule has 0 amide bonds. The van der Waals surface area contributed by atoms with Crippen LogP contribution in [0, 0.1) is 0 Å². The molecule has 1 N–H and O–H groups in total. The highest BCUT2D eigenvalue weighted by Gasteiger charge is 1.94. The van der Waals surface area contributed by atoms with Gasteiger partial charge in [-0.15, -0.1) is 0 Å². The van der Waals surface area contributed by atoms with Crippen LogP contribution in [0.4, 0.5) is 0 Å². The van der Waals surface area contributed by atoms with Crippen LogP contribution in [0.15, 0.2) is 0 Å². The van der Waals surface area contributed by atoms with Gasteiger partial charge in [-0.25, -0.2) is 0 Å². The molecule has 0 spiro atoms. The van der Waals surface area contributed by atoms with Crippen LogP contribution >= 0.6 is 0 Å². The van der Waals surface area contributed by atoms with Gasteiger partial charge in [0.05, 0.1) is 0 Å². The summed E-state index contributed by atoms with van der Waals surface area (Å²) >= 11 is 0. The van der Waals surface area contributed by atoms with E-state index >= 15 is 0 Å². The lowest BCUT2D eigenvalue weighted by Gasteiger charge is -2.13. The predicted octanol–water partition coefficient (Wildman–Crippen LogP) is 8.60. The summed E-state index contributed by atoms with van der Waals surface area (Å²) in [6, 6.07) is 0. The lowest BCUT2D eigenvalue weighted by molar-refractivity contribution is 0.321. The van der Waals surface area contributed by atoms with Gasteiger partial charge in [0.2, 0.25) is 0 Å². The molecule has 0 aromatic rings. The van der Waals surface area contributed by atoms with Gasteiger partial charge in [-0.1, -0.05) is 131 Å². The second-order valence-corrected chi connectivity index (χ2v) is 8.67. The second-order valence-electron chi connectivity index (χ2n) is 8.67. The number of piperidine rings is 1. The summed E-state index contributed by atoms with van der Waals surface area (Å²) in [7, 11) is 0. The molecule has 29 heavy (non-hydrogen) atoms. The van der Waals surface area contributed by atoms with Gasteiger partial charge in [-0.2, -0.15) is 0 Å². The van der Waals surface area contributed by atoms with Gasteiger partial charge < -0.3 is 10.2 Å². The van der Waals surface area contributed by atoms with Crippen molar-refractivity contribution in [2.45, 2.75) is 144 Å². The van der Waals surface area contributed by atoms with Crippen LogP contribution in [0.25, 0.3) is 0 Å². The topological polar surface area (TPSA) is 15.3 Å². The molecule has 0 aliphatic carbocycles. The Bertz CT molecular complexity index is 216. The van der Waals surface area contributed by atoms with Crippen LogP contribution in [0.1, 0.15) is 144 Å². The van der Waals surface area contributed by atoms with Crippen LogP contribution in [0.2, 0.25) is 0 Å². The highest BCUT2D eigenvalue weighted by Crippen LogP contribution is 2.12. The fraction of sp³-hybridized carbons (Fsp3) is 1.00. The van der Waals surface area contributed by atoms with E-state index < -0.39 is 0 Å². The van der Waals surface area contributed by atoms with Crippen LogP contribution in [0.3, 0.4) is 0 Å².